The number of nitriles is 1. The van der Waals surface area contributed by atoms with Crippen LogP contribution in [0, 0.1) is 17.2 Å². The maximum absolute atomic E-state index is 12.8. The van der Waals surface area contributed by atoms with E-state index in [0.717, 1.165) is 12.1 Å². The van der Waals surface area contributed by atoms with Gasteiger partial charge >= 0.3 is 12.1 Å². The average Bonchev–Trinajstić information content (AvgIpc) is 2.64. The van der Waals surface area contributed by atoms with Crippen LogP contribution in [0.15, 0.2) is 42.5 Å². The lowest BCUT2D eigenvalue weighted by Gasteiger charge is -2.18. The molecule has 0 radical (unpaired) electrons. The molecule has 6 heteroatoms. The average molecular weight is 375 g/mol. The first-order valence-electron chi connectivity index (χ1n) is 8.46. The molecule has 0 spiro atoms. The van der Waals surface area contributed by atoms with Crippen molar-refractivity contribution in [1.82, 2.24) is 0 Å². The summed E-state index contributed by atoms with van der Waals surface area (Å²) in [7, 11) is 1.31. The number of hydrogen-bond acceptors (Lipinski definition) is 3. The fourth-order valence-electron chi connectivity index (χ4n) is 2.92. The predicted molar refractivity (Wildman–Crippen MR) is 95.8 cm³/mol. The van der Waals surface area contributed by atoms with E-state index in [1.54, 1.807) is 18.2 Å². The summed E-state index contributed by atoms with van der Waals surface area (Å²) in [5, 5.41) is 9.33. The topological polar surface area (TPSA) is 50.1 Å². The van der Waals surface area contributed by atoms with Gasteiger partial charge in [0.05, 0.1) is 30.2 Å². The van der Waals surface area contributed by atoms with Crippen LogP contribution in [0.4, 0.5) is 13.2 Å². The largest absolute Gasteiger partial charge is 0.469 e. The van der Waals surface area contributed by atoms with Crippen LogP contribution in [0.25, 0.3) is 11.1 Å². The molecular weight excluding hydrogens is 355 g/mol. The fourth-order valence-corrected chi connectivity index (χ4v) is 2.92. The molecule has 0 amide bonds. The molecular formula is C21H20F3NO2. The second-order valence-electron chi connectivity index (χ2n) is 6.74. The minimum atomic E-state index is -4.41. The van der Waals surface area contributed by atoms with E-state index in [9.17, 15) is 23.2 Å². The summed E-state index contributed by atoms with van der Waals surface area (Å²) in [6, 6.07) is 11.7. The Morgan fingerprint density at radius 2 is 1.74 bits per heavy atom. The maximum atomic E-state index is 12.8. The first-order chi connectivity index (χ1) is 12.7. The minimum Gasteiger partial charge on any atom is -0.469 e. The molecule has 0 heterocycles. The summed E-state index contributed by atoms with van der Waals surface area (Å²) in [5.41, 5.74) is 1.32. The van der Waals surface area contributed by atoms with Gasteiger partial charge in [0.25, 0.3) is 0 Å². The number of alkyl halides is 3. The third-order valence-electron chi connectivity index (χ3n) is 4.23. The molecule has 0 fully saturated rings. The molecule has 0 aromatic heterocycles. The number of hydrogen-bond donors (Lipinski definition) is 0. The first kappa shape index (κ1) is 20.5. The van der Waals surface area contributed by atoms with Crippen molar-refractivity contribution >= 4 is 5.97 Å². The van der Waals surface area contributed by atoms with Gasteiger partial charge in [0.1, 0.15) is 0 Å². The standard InChI is InChI=1S/C21H20F3NO2/c1-13(2)8-19(20(26)27-3)17-10-14(12-25)9-16(11-17)15-4-6-18(7-5-15)21(22,23)24/h4-7,9-11,13,19H,8H2,1-3H3. The van der Waals surface area contributed by atoms with Crippen molar-refractivity contribution in [2.24, 2.45) is 5.92 Å². The third kappa shape index (κ3) is 5.10. The highest BCUT2D eigenvalue weighted by Crippen LogP contribution is 2.33. The van der Waals surface area contributed by atoms with Crippen LogP contribution in [0.2, 0.25) is 0 Å². The summed E-state index contributed by atoms with van der Waals surface area (Å²) >= 11 is 0. The number of carbonyl (C=O) groups excluding carboxylic acids is 1. The van der Waals surface area contributed by atoms with Gasteiger partial charge in [-0.1, -0.05) is 32.0 Å². The smallest absolute Gasteiger partial charge is 0.416 e. The molecule has 3 nitrogen and oxygen atoms in total. The van der Waals surface area contributed by atoms with Gasteiger partial charge < -0.3 is 4.74 Å². The summed E-state index contributed by atoms with van der Waals surface area (Å²) < 4.78 is 43.2. The highest BCUT2D eigenvalue weighted by molar-refractivity contribution is 5.79. The molecule has 1 atom stereocenters. The molecule has 0 N–H and O–H groups in total. The Bertz CT molecular complexity index is 849. The third-order valence-corrected chi connectivity index (χ3v) is 4.23. The first-order valence-corrected chi connectivity index (χ1v) is 8.46. The van der Waals surface area contributed by atoms with Crippen molar-refractivity contribution < 1.29 is 22.7 Å². The summed E-state index contributed by atoms with van der Waals surface area (Å²) in [5.74, 6) is -0.733. The summed E-state index contributed by atoms with van der Waals surface area (Å²) in [6.45, 7) is 3.95. The van der Waals surface area contributed by atoms with Gasteiger partial charge in [-0.15, -0.1) is 0 Å². The van der Waals surface area contributed by atoms with Gasteiger partial charge in [-0.3, -0.25) is 4.79 Å². The van der Waals surface area contributed by atoms with Crippen molar-refractivity contribution in [2.45, 2.75) is 32.4 Å². The second-order valence-corrected chi connectivity index (χ2v) is 6.74. The van der Waals surface area contributed by atoms with Crippen LogP contribution in [-0.4, -0.2) is 13.1 Å². The van der Waals surface area contributed by atoms with Crippen LogP contribution in [-0.2, 0) is 15.7 Å². The Balaban J connectivity index is 2.51. The monoisotopic (exact) mass is 375 g/mol. The Morgan fingerprint density at radius 3 is 2.22 bits per heavy atom. The zero-order valence-electron chi connectivity index (χ0n) is 15.3. The van der Waals surface area contributed by atoms with E-state index in [1.807, 2.05) is 19.9 Å². The molecule has 0 saturated heterocycles. The molecule has 1 unspecified atom stereocenters. The number of esters is 1. The van der Waals surface area contributed by atoms with Crippen molar-refractivity contribution in [3.05, 3.63) is 59.2 Å². The molecule has 2 rings (SSSR count). The van der Waals surface area contributed by atoms with Crippen LogP contribution in [0.5, 0.6) is 0 Å². The van der Waals surface area contributed by atoms with Crippen LogP contribution >= 0.6 is 0 Å². The highest BCUT2D eigenvalue weighted by atomic mass is 19.4. The molecule has 0 aliphatic rings. The molecule has 142 valence electrons. The fraction of sp³-hybridized carbons (Fsp3) is 0.333. The molecule has 2 aromatic rings. The van der Waals surface area contributed by atoms with Crippen LogP contribution in [0.3, 0.4) is 0 Å². The molecule has 0 saturated carbocycles. The molecule has 0 aliphatic carbocycles. The zero-order chi connectivity index (χ0) is 20.2. The van der Waals surface area contributed by atoms with Gasteiger partial charge in [0.2, 0.25) is 0 Å². The molecule has 0 aliphatic heterocycles. The molecule has 2 aromatic carbocycles. The van der Waals surface area contributed by atoms with Crippen molar-refractivity contribution in [1.29, 1.82) is 5.26 Å². The van der Waals surface area contributed by atoms with Gasteiger partial charge in [-0.2, -0.15) is 18.4 Å². The van der Waals surface area contributed by atoms with Gasteiger partial charge in [-0.25, -0.2) is 0 Å². The van der Waals surface area contributed by atoms with Crippen molar-refractivity contribution in [2.75, 3.05) is 7.11 Å². The van der Waals surface area contributed by atoms with Gasteiger partial charge in [-0.05, 0) is 53.3 Å². The molecule has 0 bridgehead atoms. The Morgan fingerprint density at radius 1 is 1.11 bits per heavy atom. The lowest BCUT2D eigenvalue weighted by Crippen LogP contribution is -2.16. The Kier molecular flexibility index (Phi) is 6.27. The van der Waals surface area contributed by atoms with Gasteiger partial charge in [0.15, 0.2) is 0 Å². The number of halogens is 3. The maximum Gasteiger partial charge on any atom is 0.416 e. The van der Waals surface area contributed by atoms with E-state index in [2.05, 4.69) is 0 Å². The number of benzene rings is 2. The number of rotatable bonds is 5. The number of ether oxygens (including phenoxy) is 1. The summed E-state index contributed by atoms with van der Waals surface area (Å²) in [6.07, 6.45) is -3.88. The number of methoxy groups -OCH3 is 1. The predicted octanol–water partition coefficient (Wildman–Crippen LogP) is 5.55. The van der Waals surface area contributed by atoms with Crippen LogP contribution in [0.1, 0.15) is 42.9 Å². The van der Waals surface area contributed by atoms with E-state index in [0.29, 0.717) is 28.7 Å². The lowest BCUT2D eigenvalue weighted by atomic mass is 9.87. The van der Waals surface area contributed by atoms with Crippen molar-refractivity contribution in [3.63, 3.8) is 0 Å². The minimum absolute atomic E-state index is 0.217. The highest BCUT2D eigenvalue weighted by Gasteiger charge is 2.30. The van der Waals surface area contributed by atoms with E-state index in [-0.39, 0.29) is 5.92 Å². The Hall–Kier alpha value is -2.81. The lowest BCUT2D eigenvalue weighted by molar-refractivity contribution is -0.143. The van der Waals surface area contributed by atoms with E-state index in [1.165, 1.54) is 19.2 Å². The van der Waals surface area contributed by atoms with Gasteiger partial charge in [0, 0.05) is 0 Å². The normalized spacial score (nSPS) is 12.5. The van der Waals surface area contributed by atoms with Crippen LogP contribution < -0.4 is 0 Å². The number of nitrogens with zero attached hydrogens (tertiary/aromatic N) is 1. The van der Waals surface area contributed by atoms with E-state index in [4.69, 9.17) is 4.74 Å². The second kappa shape index (κ2) is 8.26. The molecule has 27 heavy (non-hydrogen) atoms. The van der Waals surface area contributed by atoms with E-state index < -0.39 is 23.6 Å². The number of carbonyl (C=O) groups is 1. The zero-order valence-corrected chi connectivity index (χ0v) is 15.3. The quantitative estimate of drug-likeness (QED) is 0.644. The van der Waals surface area contributed by atoms with E-state index >= 15 is 0 Å². The van der Waals surface area contributed by atoms with Crippen molar-refractivity contribution in [3.8, 4) is 17.2 Å². The Labute approximate surface area is 156 Å². The summed E-state index contributed by atoms with van der Waals surface area (Å²) in [4.78, 5) is 12.2. The SMILES string of the molecule is COC(=O)C(CC(C)C)c1cc(C#N)cc(-c2ccc(C(F)(F)F)cc2)c1.